The first-order valence-corrected chi connectivity index (χ1v) is 9.81. The van der Waals surface area contributed by atoms with Gasteiger partial charge in [0, 0.05) is 22.5 Å². The number of amides is 1. The SMILES string of the molecule is C[C@@H](OC(=O)c1cc2c(s1)-c1ccccc1OC2)C(=O)NCc1ccccc1. The smallest absolute Gasteiger partial charge is 0.349 e. The number of carbonyl (C=O) groups is 2. The number of fused-ring (bicyclic) bond motifs is 3. The predicted octanol–water partition coefficient (Wildman–Crippen LogP) is 4.17. The van der Waals surface area contributed by atoms with E-state index in [1.165, 1.54) is 11.3 Å². The average molecular weight is 393 g/mol. The quantitative estimate of drug-likeness (QED) is 0.661. The largest absolute Gasteiger partial charge is 0.488 e. The molecular formula is C22H19NO4S. The molecule has 6 heteroatoms. The average Bonchev–Trinajstić information content (AvgIpc) is 3.18. The molecule has 28 heavy (non-hydrogen) atoms. The van der Waals surface area contributed by atoms with Crippen molar-refractivity contribution in [3.63, 3.8) is 0 Å². The molecule has 5 nitrogen and oxygen atoms in total. The van der Waals surface area contributed by atoms with Crippen LogP contribution in [-0.4, -0.2) is 18.0 Å². The zero-order valence-corrected chi connectivity index (χ0v) is 16.1. The van der Waals surface area contributed by atoms with E-state index in [9.17, 15) is 9.59 Å². The molecule has 142 valence electrons. The van der Waals surface area contributed by atoms with Crippen molar-refractivity contribution in [2.24, 2.45) is 0 Å². The fourth-order valence-electron chi connectivity index (χ4n) is 3.00. The van der Waals surface area contributed by atoms with Crippen molar-refractivity contribution in [3.8, 4) is 16.2 Å². The summed E-state index contributed by atoms with van der Waals surface area (Å²) < 4.78 is 11.1. The number of carbonyl (C=O) groups excluding carboxylic acids is 2. The van der Waals surface area contributed by atoms with Crippen LogP contribution in [0.15, 0.2) is 60.7 Å². The Labute approximate surface area is 166 Å². The highest BCUT2D eigenvalue weighted by Gasteiger charge is 2.25. The number of ether oxygens (including phenoxy) is 2. The maximum atomic E-state index is 12.5. The van der Waals surface area contributed by atoms with Crippen LogP contribution in [0.2, 0.25) is 0 Å². The fraction of sp³-hybridized carbons (Fsp3) is 0.182. The summed E-state index contributed by atoms with van der Waals surface area (Å²) in [5.41, 5.74) is 2.91. The van der Waals surface area contributed by atoms with E-state index in [0.717, 1.165) is 27.3 Å². The van der Waals surface area contributed by atoms with Gasteiger partial charge in [-0.15, -0.1) is 11.3 Å². The van der Waals surface area contributed by atoms with E-state index in [0.29, 0.717) is 18.0 Å². The molecule has 1 N–H and O–H groups in total. The highest BCUT2D eigenvalue weighted by molar-refractivity contribution is 7.17. The molecule has 0 unspecified atom stereocenters. The van der Waals surface area contributed by atoms with Gasteiger partial charge in [0.25, 0.3) is 5.91 Å². The monoisotopic (exact) mass is 393 g/mol. The van der Waals surface area contributed by atoms with Gasteiger partial charge in [-0.05, 0) is 30.7 Å². The van der Waals surface area contributed by atoms with Crippen LogP contribution in [0.1, 0.15) is 27.7 Å². The zero-order valence-electron chi connectivity index (χ0n) is 15.3. The Hall–Kier alpha value is -3.12. The van der Waals surface area contributed by atoms with Gasteiger partial charge in [-0.1, -0.05) is 42.5 Å². The molecule has 0 bridgehead atoms. The van der Waals surface area contributed by atoms with Gasteiger partial charge < -0.3 is 14.8 Å². The topological polar surface area (TPSA) is 64.6 Å². The van der Waals surface area contributed by atoms with Crippen molar-refractivity contribution in [1.82, 2.24) is 5.32 Å². The van der Waals surface area contributed by atoms with E-state index in [2.05, 4.69) is 5.32 Å². The van der Waals surface area contributed by atoms with Crippen LogP contribution in [0.4, 0.5) is 0 Å². The van der Waals surface area contributed by atoms with E-state index >= 15 is 0 Å². The summed E-state index contributed by atoms with van der Waals surface area (Å²) in [4.78, 5) is 26.2. The van der Waals surface area contributed by atoms with Crippen LogP contribution in [0.3, 0.4) is 0 Å². The first kappa shape index (κ1) is 18.3. The molecule has 0 saturated heterocycles. The molecular weight excluding hydrogens is 374 g/mol. The molecule has 0 spiro atoms. The Morgan fingerprint density at radius 3 is 2.71 bits per heavy atom. The van der Waals surface area contributed by atoms with Crippen LogP contribution in [0.5, 0.6) is 5.75 Å². The van der Waals surface area contributed by atoms with Crippen LogP contribution in [-0.2, 0) is 22.7 Å². The van der Waals surface area contributed by atoms with Crippen molar-refractivity contribution < 1.29 is 19.1 Å². The van der Waals surface area contributed by atoms with Crippen LogP contribution >= 0.6 is 11.3 Å². The Kier molecular flexibility index (Phi) is 5.12. The molecule has 1 amide bonds. The second kappa shape index (κ2) is 7.86. The Morgan fingerprint density at radius 2 is 1.89 bits per heavy atom. The highest BCUT2D eigenvalue weighted by atomic mass is 32.1. The molecule has 0 radical (unpaired) electrons. The third kappa shape index (κ3) is 3.77. The normalized spacial score (nSPS) is 12.9. The van der Waals surface area contributed by atoms with Crippen molar-refractivity contribution >= 4 is 23.2 Å². The summed E-state index contributed by atoms with van der Waals surface area (Å²) in [5.74, 6) is -0.0168. The molecule has 0 saturated carbocycles. The summed E-state index contributed by atoms with van der Waals surface area (Å²) in [6.45, 7) is 2.39. The highest BCUT2D eigenvalue weighted by Crippen LogP contribution is 2.42. The molecule has 1 aromatic heterocycles. The lowest BCUT2D eigenvalue weighted by atomic mass is 10.1. The molecule has 1 aliphatic rings. The molecule has 0 fully saturated rings. The summed E-state index contributed by atoms with van der Waals surface area (Å²) in [6.07, 6.45) is -0.876. The van der Waals surface area contributed by atoms with Crippen LogP contribution in [0, 0.1) is 0 Å². The first-order chi connectivity index (χ1) is 13.6. The van der Waals surface area contributed by atoms with Gasteiger partial charge in [0.05, 0.1) is 0 Å². The lowest BCUT2D eigenvalue weighted by molar-refractivity contribution is -0.129. The number of benzene rings is 2. The number of nitrogens with one attached hydrogen (secondary N) is 1. The maximum absolute atomic E-state index is 12.5. The Morgan fingerprint density at radius 1 is 1.14 bits per heavy atom. The summed E-state index contributed by atoms with van der Waals surface area (Å²) in [5, 5.41) is 2.78. The number of hydrogen-bond donors (Lipinski definition) is 1. The second-order valence-corrected chi connectivity index (χ2v) is 7.55. The van der Waals surface area contributed by atoms with Gasteiger partial charge in [-0.3, -0.25) is 4.79 Å². The predicted molar refractivity (Wildman–Crippen MR) is 107 cm³/mol. The number of para-hydroxylation sites is 1. The molecule has 4 rings (SSSR count). The van der Waals surface area contributed by atoms with E-state index in [1.807, 2.05) is 54.6 Å². The zero-order chi connectivity index (χ0) is 19.5. The minimum absolute atomic E-state index is 0.327. The Balaban J connectivity index is 1.40. The summed E-state index contributed by atoms with van der Waals surface area (Å²) in [7, 11) is 0. The third-order valence-corrected chi connectivity index (χ3v) is 5.68. The van der Waals surface area contributed by atoms with E-state index in [-0.39, 0.29) is 5.91 Å². The molecule has 1 atom stereocenters. The first-order valence-electron chi connectivity index (χ1n) is 8.99. The van der Waals surface area contributed by atoms with Crippen LogP contribution < -0.4 is 10.1 Å². The van der Waals surface area contributed by atoms with Crippen molar-refractivity contribution in [2.75, 3.05) is 0 Å². The van der Waals surface area contributed by atoms with E-state index in [1.54, 1.807) is 13.0 Å². The summed E-state index contributed by atoms with van der Waals surface area (Å²) >= 11 is 1.36. The lowest BCUT2D eigenvalue weighted by Crippen LogP contribution is -2.35. The van der Waals surface area contributed by atoms with Crippen molar-refractivity contribution in [2.45, 2.75) is 26.2 Å². The van der Waals surface area contributed by atoms with Gasteiger partial charge in [-0.25, -0.2) is 4.79 Å². The molecule has 2 aromatic carbocycles. The van der Waals surface area contributed by atoms with E-state index < -0.39 is 12.1 Å². The minimum atomic E-state index is -0.876. The second-order valence-electron chi connectivity index (χ2n) is 6.50. The number of hydrogen-bond acceptors (Lipinski definition) is 5. The van der Waals surface area contributed by atoms with Gasteiger partial charge >= 0.3 is 5.97 Å². The molecule has 1 aliphatic heterocycles. The number of thiophene rings is 1. The minimum Gasteiger partial charge on any atom is -0.488 e. The van der Waals surface area contributed by atoms with Crippen molar-refractivity contribution in [1.29, 1.82) is 0 Å². The van der Waals surface area contributed by atoms with E-state index in [4.69, 9.17) is 9.47 Å². The third-order valence-electron chi connectivity index (χ3n) is 4.49. The van der Waals surface area contributed by atoms with Gasteiger partial charge in [0.1, 0.15) is 17.2 Å². The molecule has 2 heterocycles. The number of esters is 1. The van der Waals surface area contributed by atoms with Gasteiger partial charge in [-0.2, -0.15) is 0 Å². The van der Waals surface area contributed by atoms with Crippen LogP contribution in [0.25, 0.3) is 10.4 Å². The maximum Gasteiger partial charge on any atom is 0.349 e. The summed E-state index contributed by atoms with van der Waals surface area (Å²) in [6, 6.07) is 19.1. The number of rotatable bonds is 5. The molecule has 0 aliphatic carbocycles. The van der Waals surface area contributed by atoms with Gasteiger partial charge in [0.15, 0.2) is 6.10 Å². The Bertz CT molecular complexity index is 1010. The van der Waals surface area contributed by atoms with Gasteiger partial charge in [0.2, 0.25) is 0 Å². The standard InChI is InChI=1S/C22H19NO4S/c1-14(21(24)23-12-15-7-3-2-4-8-15)27-22(25)19-11-16-13-26-18-10-6-5-9-17(18)20(16)28-19/h2-11,14H,12-13H2,1H3,(H,23,24)/t14-/m1/s1. The van der Waals surface area contributed by atoms with Crippen molar-refractivity contribution in [3.05, 3.63) is 76.7 Å². The fourth-order valence-corrected chi connectivity index (χ4v) is 4.08. The lowest BCUT2D eigenvalue weighted by Gasteiger charge is -2.16. The molecule has 3 aromatic rings.